The zero-order chi connectivity index (χ0) is 16.9. The van der Waals surface area contributed by atoms with E-state index in [9.17, 15) is 0 Å². The number of nitrogens with zero attached hydrogens (tertiary/aromatic N) is 3. The molecule has 0 spiro atoms. The average Bonchev–Trinajstić information content (AvgIpc) is 3.02. The smallest absolute Gasteiger partial charge is 0.193 e. The number of benzene rings is 2. The molecule has 0 atom stereocenters. The van der Waals surface area contributed by atoms with E-state index in [-0.39, 0.29) is 24.0 Å². The lowest BCUT2D eigenvalue weighted by atomic mass is 10.2. The van der Waals surface area contributed by atoms with E-state index >= 15 is 0 Å². The molecule has 0 unspecified atom stereocenters. The van der Waals surface area contributed by atoms with Crippen molar-refractivity contribution in [3.05, 3.63) is 77.6 Å². The Labute approximate surface area is 165 Å². The SMILES string of the molecule is Cc1ccc(NC(N)=NCc2ccccc2-n2ccc(C)n2)cc1.I. The van der Waals surface area contributed by atoms with Gasteiger partial charge in [-0.05, 0) is 43.7 Å². The highest BCUT2D eigenvalue weighted by Crippen LogP contribution is 2.15. The molecule has 0 radical (unpaired) electrons. The van der Waals surface area contributed by atoms with Gasteiger partial charge in [0.1, 0.15) is 0 Å². The van der Waals surface area contributed by atoms with Crippen LogP contribution in [0.3, 0.4) is 0 Å². The molecule has 1 aromatic heterocycles. The maximum absolute atomic E-state index is 6.00. The van der Waals surface area contributed by atoms with Gasteiger partial charge in [0.25, 0.3) is 0 Å². The molecule has 0 fully saturated rings. The summed E-state index contributed by atoms with van der Waals surface area (Å²) in [4.78, 5) is 4.45. The third-order valence-corrected chi connectivity index (χ3v) is 3.70. The number of nitrogens with one attached hydrogen (secondary N) is 1. The van der Waals surface area contributed by atoms with Crippen molar-refractivity contribution in [3.8, 4) is 5.69 Å². The van der Waals surface area contributed by atoms with Crippen molar-refractivity contribution in [2.75, 3.05) is 5.32 Å². The van der Waals surface area contributed by atoms with Crippen LogP contribution in [0.5, 0.6) is 0 Å². The minimum atomic E-state index is 0. The van der Waals surface area contributed by atoms with E-state index < -0.39 is 0 Å². The van der Waals surface area contributed by atoms with Gasteiger partial charge in [0.15, 0.2) is 5.96 Å². The van der Waals surface area contributed by atoms with E-state index in [0.29, 0.717) is 12.5 Å². The zero-order valence-corrected chi connectivity index (χ0v) is 16.6. The Kier molecular flexibility index (Phi) is 6.58. The summed E-state index contributed by atoms with van der Waals surface area (Å²) in [7, 11) is 0. The number of aliphatic imine (C=N–C) groups is 1. The highest BCUT2D eigenvalue weighted by molar-refractivity contribution is 14.0. The molecule has 0 aliphatic carbocycles. The number of aromatic nitrogens is 2. The molecule has 3 aromatic rings. The lowest BCUT2D eigenvalue weighted by Gasteiger charge is -2.09. The van der Waals surface area contributed by atoms with Crippen LogP contribution in [0.4, 0.5) is 5.69 Å². The fraction of sp³-hybridized carbons (Fsp3) is 0.158. The van der Waals surface area contributed by atoms with Gasteiger partial charge in [-0.25, -0.2) is 9.67 Å². The number of aryl methyl sites for hydroxylation is 2. The van der Waals surface area contributed by atoms with Gasteiger partial charge in [0.05, 0.1) is 17.9 Å². The van der Waals surface area contributed by atoms with Gasteiger partial charge in [-0.1, -0.05) is 35.9 Å². The predicted molar refractivity (Wildman–Crippen MR) is 114 cm³/mol. The Morgan fingerprint density at radius 1 is 1.08 bits per heavy atom. The molecule has 0 bridgehead atoms. The molecule has 3 rings (SSSR count). The maximum Gasteiger partial charge on any atom is 0.193 e. The molecule has 0 saturated carbocycles. The van der Waals surface area contributed by atoms with Crippen molar-refractivity contribution in [2.24, 2.45) is 10.7 Å². The predicted octanol–water partition coefficient (Wildman–Crippen LogP) is 4.03. The average molecular weight is 447 g/mol. The van der Waals surface area contributed by atoms with E-state index in [2.05, 4.69) is 22.3 Å². The standard InChI is InChI=1S/C19H21N5.HI/c1-14-7-9-17(10-8-14)22-19(20)21-13-16-5-3-4-6-18(16)24-12-11-15(2)23-24;/h3-12H,13H2,1-2H3,(H3,20,21,22);1H. The van der Waals surface area contributed by atoms with E-state index in [1.54, 1.807) is 0 Å². The number of hydrogen-bond acceptors (Lipinski definition) is 2. The highest BCUT2D eigenvalue weighted by Gasteiger charge is 2.05. The maximum atomic E-state index is 6.00. The van der Waals surface area contributed by atoms with Crippen LogP contribution in [-0.4, -0.2) is 15.7 Å². The summed E-state index contributed by atoms with van der Waals surface area (Å²) in [6.07, 6.45) is 1.95. The molecule has 6 heteroatoms. The van der Waals surface area contributed by atoms with Crippen LogP contribution < -0.4 is 11.1 Å². The Hall–Kier alpha value is -2.35. The molecule has 3 N–H and O–H groups in total. The van der Waals surface area contributed by atoms with Crippen molar-refractivity contribution in [3.63, 3.8) is 0 Å². The second-order valence-electron chi connectivity index (χ2n) is 5.72. The number of nitrogens with two attached hydrogens (primary N) is 1. The van der Waals surface area contributed by atoms with Crippen LogP contribution in [0.25, 0.3) is 5.69 Å². The number of halogens is 1. The number of rotatable bonds is 4. The van der Waals surface area contributed by atoms with E-state index in [0.717, 1.165) is 22.6 Å². The summed E-state index contributed by atoms with van der Waals surface area (Å²) < 4.78 is 1.86. The Morgan fingerprint density at radius 3 is 2.48 bits per heavy atom. The van der Waals surface area contributed by atoms with Crippen LogP contribution in [0, 0.1) is 13.8 Å². The molecule has 2 aromatic carbocycles. The van der Waals surface area contributed by atoms with E-state index in [1.807, 2.05) is 72.4 Å². The molecule has 0 amide bonds. The molecule has 0 aliphatic heterocycles. The summed E-state index contributed by atoms with van der Waals surface area (Å²) in [5.41, 5.74) is 11.2. The Morgan fingerprint density at radius 2 is 1.80 bits per heavy atom. The van der Waals surface area contributed by atoms with Gasteiger partial charge in [0.2, 0.25) is 0 Å². The number of hydrogen-bond donors (Lipinski definition) is 2. The fourth-order valence-corrected chi connectivity index (χ4v) is 2.41. The van der Waals surface area contributed by atoms with Gasteiger partial charge >= 0.3 is 0 Å². The third-order valence-electron chi connectivity index (χ3n) is 3.70. The summed E-state index contributed by atoms with van der Waals surface area (Å²) in [6, 6.07) is 18.1. The second kappa shape index (κ2) is 8.66. The number of anilines is 1. The number of para-hydroxylation sites is 1. The minimum absolute atomic E-state index is 0. The first-order valence-electron chi connectivity index (χ1n) is 7.86. The van der Waals surface area contributed by atoms with E-state index in [4.69, 9.17) is 5.73 Å². The minimum Gasteiger partial charge on any atom is -0.370 e. The molecule has 0 aliphatic rings. The van der Waals surface area contributed by atoms with Crippen LogP contribution in [0.2, 0.25) is 0 Å². The normalized spacial score (nSPS) is 11.0. The lowest BCUT2D eigenvalue weighted by Crippen LogP contribution is -2.22. The van der Waals surface area contributed by atoms with Crippen LogP contribution in [-0.2, 0) is 6.54 Å². The summed E-state index contributed by atoms with van der Waals surface area (Å²) in [5.74, 6) is 0.394. The van der Waals surface area contributed by atoms with Crippen molar-refractivity contribution in [1.82, 2.24) is 9.78 Å². The monoisotopic (exact) mass is 447 g/mol. The molecule has 5 nitrogen and oxygen atoms in total. The first kappa shape index (κ1) is 19.0. The summed E-state index contributed by atoms with van der Waals surface area (Å²) >= 11 is 0. The first-order chi connectivity index (χ1) is 11.6. The Bertz CT molecular complexity index is 852. The summed E-state index contributed by atoms with van der Waals surface area (Å²) in [6.45, 7) is 4.51. The molecule has 130 valence electrons. The largest absolute Gasteiger partial charge is 0.370 e. The molecule has 25 heavy (non-hydrogen) atoms. The van der Waals surface area contributed by atoms with Crippen molar-refractivity contribution in [2.45, 2.75) is 20.4 Å². The van der Waals surface area contributed by atoms with Gasteiger partial charge in [-0.15, -0.1) is 24.0 Å². The highest BCUT2D eigenvalue weighted by atomic mass is 127. The molecule has 0 saturated heterocycles. The van der Waals surface area contributed by atoms with Gasteiger partial charge < -0.3 is 11.1 Å². The quantitative estimate of drug-likeness (QED) is 0.361. The lowest BCUT2D eigenvalue weighted by molar-refractivity contribution is 0.844. The zero-order valence-electron chi connectivity index (χ0n) is 14.3. The van der Waals surface area contributed by atoms with Crippen molar-refractivity contribution < 1.29 is 0 Å². The third kappa shape index (κ3) is 5.06. The molecule has 1 heterocycles. The molecular weight excluding hydrogens is 425 g/mol. The first-order valence-corrected chi connectivity index (χ1v) is 7.86. The van der Waals surface area contributed by atoms with Gasteiger partial charge in [-0.2, -0.15) is 5.10 Å². The summed E-state index contributed by atoms with van der Waals surface area (Å²) in [5, 5.41) is 7.57. The van der Waals surface area contributed by atoms with Crippen LogP contribution in [0.1, 0.15) is 16.8 Å². The van der Waals surface area contributed by atoms with Crippen LogP contribution >= 0.6 is 24.0 Å². The van der Waals surface area contributed by atoms with E-state index in [1.165, 1.54) is 5.56 Å². The van der Waals surface area contributed by atoms with Gasteiger partial charge in [0, 0.05) is 11.9 Å². The topological polar surface area (TPSA) is 68.2 Å². The van der Waals surface area contributed by atoms with Crippen LogP contribution in [0.15, 0.2) is 65.8 Å². The Balaban J connectivity index is 0.00000225. The fourth-order valence-electron chi connectivity index (χ4n) is 2.41. The second-order valence-corrected chi connectivity index (χ2v) is 5.72. The van der Waals surface area contributed by atoms with Gasteiger partial charge in [-0.3, -0.25) is 0 Å². The van der Waals surface area contributed by atoms with Crippen molar-refractivity contribution in [1.29, 1.82) is 0 Å². The van der Waals surface area contributed by atoms with Crippen molar-refractivity contribution >= 4 is 35.6 Å². The molecular formula is C19H22IN5. The number of guanidine groups is 1.